The molecule has 1 heterocycles. The number of rotatable bonds is 5. The van der Waals surface area contributed by atoms with Gasteiger partial charge in [-0.1, -0.05) is 18.2 Å². The van der Waals surface area contributed by atoms with Gasteiger partial charge in [-0.3, -0.25) is 9.59 Å². The molecule has 1 saturated heterocycles. The molecule has 0 radical (unpaired) electrons. The summed E-state index contributed by atoms with van der Waals surface area (Å²) in [6.45, 7) is 1.83. The molecule has 1 aromatic rings. The fourth-order valence-electron chi connectivity index (χ4n) is 2.54. The number of hydrogen-bond donors (Lipinski definition) is 2. The van der Waals surface area contributed by atoms with E-state index in [1.165, 1.54) is 0 Å². The number of hydrogen-bond acceptors (Lipinski definition) is 3. The van der Waals surface area contributed by atoms with Gasteiger partial charge in [0.25, 0.3) is 5.91 Å². The van der Waals surface area contributed by atoms with E-state index in [2.05, 4.69) is 5.32 Å². The predicted molar refractivity (Wildman–Crippen MR) is 79.8 cm³/mol. The minimum Gasteiger partial charge on any atom is -0.396 e. The van der Waals surface area contributed by atoms with Crippen molar-refractivity contribution in [3.05, 3.63) is 35.9 Å². The zero-order chi connectivity index (χ0) is 15.1. The maximum absolute atomic E-state index is 12.3. The average molecular weight is 290 g/mol. The summed E-state index contributed by atoms with van der Waals surface area (Å²) >= 11 is 0. The van der Waals surface area contributed by atoms with Gasteiger partial charge in [0.1, 0.15) is 0 Å². The predicted octanol–water partition coefficient (Wildman–Crippen LogP) is 1.04. The molecule has 1 fully saturated rings. The maximum Gasteiger partial charge on any atom is 0.253 e. The van der Waals surface area contributed by atoms with Crippen molar-refractivity contribution in [2.45, 2.75) is 19.3 Å². The average Bonchev–Trinajstić information content (AvgIpc) is 2.55. The summed E-state index contributed by atoms with van der Waals surface area (Å²) in [5.74, 6) is 0.0496. The lowest BCUT2D eigenvalue weighted by molar-refractivity contribution is -0.126. The highest BCUT2D eigenvalue weighted by Crippen LogP contribution is 2.19. The van der Waals surface area contributed by atoms with Crippen LogP contribution in [0.15, 0.2) is 30.3 Å². The molecule has 2 amide bonds. The van der Waals surface area contributed by atoms with Crippen LogP contribution >= 0.6 is 0 Å². The molecule has 0 bridgehead atoms. The Bertz CT molecular complexity index is 468. The van der Waals surface area contributed by atoms with Gasteiger partial charge in [-0.05, 0) is 31.4 Å². The van der Waals surface area contributed by atoms with Crippen LogP contribution in [0.2, 0.25) is 0 Å². The third-order valence-electron chi connectivity index (χ3n) is 3.81. The first-order valence-electron chi connectivity index (χ1n) is 7.45. The van der Waals surface area contributed by atoms with Gasteiger partial charge in [-0.25, -0.2) is 0 Å². The quantitative estimate of drug-likeness (QED) is 0.796. The molecule has 1 aromatic carbocycles. The zero-order valence-electron chi connectivity index (χ0n) is 12.1. The minimum absolute atomic E-state index is 0.0245. The third kappa shape index (κ3) is 4.29. The summed E-state index contributed by atoms with van der Waals surface area (Å²) in [7, 11) is 0. The number of amides is 2. The Morgan fingerprint density at radius 3 is 2.48 bits per heavy atom. The molecular formula is C16H22N2O3. The number of nitrogens with one attached hydrogen (secondary N) is 1. The van der Waals surface area contributed by atoms with E-state index in [1.807, 2.05) is 35.2 Å². The number of benzene rings is 1. The fourth-order valence-corrected chi connectivity index (χ4v) is 2.54. The first-order chi connectivity index (χ1) is 10.2. The summed E-state index contributed by atoms with van der Waals surface area (Å²) < 4.78 is 0. The lowest BCUT2D eigenvalue weighted by atomic mass is 9.95. The van der Waals surface area contributed by atoms with Crippen LogP contribution in [0.1, 0.15) is 29.6 Å². The van der Waals surface area contributed by atoms with Crippen molar-refractivity contribution in [3.8, 4) is 0 Å². The first kappa shape index (κ1) is 15.5. The molecule has 5 nitrogen and oxygen atoms in total. The zero-order valence-corrected chi connectivity index (χ0v) is 12.1. The SMILES string of the molecule is O=C(NCCCO)C1CCN(C(=O)c2ccccc2)CC1. The Morgan fingerprint density at radius 2 is 1.86 bits per heavy atom. The second-order valence-corrected chi connectivity index (χ2v) is 5.30. The Kier molecular flexibility index (Phi) is 5.75. The summed E-state index contributed by atoms with van der Waals surface area (Å²) in [4.78, 5) is 26.0. The van der Waals surface area contributed by atoms with E-state index in [9.17, 15) is 9.59 Å². The Morgan fingerprint density at radius 1 is 1.19 bits per heavy atom. The molecule has 0 aromatic heterocycles. The highest BCUT2D eigenvalue weighted by atomic mass is 16.3. The number of carbonyl (C=O) groups is 2. The molecule has 1 aliphatic rings. The number of aliphatic hydroxyl groups excluding tert-OH is 1. The number of nitrogens with zero attached hydrogens (tertiary/aromatic N) is 1. The second-order valence-electron chi connectivity index (χ2n) is 5.30. The van der Waals surface area contributed by atoms with Crippen molar-refractivity contribution in [1.82, 2.24) is 10.2 Å². The van der Waals surface area contributed by atoms with Crippen LogP contribution in [-0.4, -0.2) is 48.1 Å². The van der Waals surface area contributed by atoms with Crippen LogP contribution in [0, 0.1) is 5.92 Å². The van der Waals surface area contributed by atoms with E-state index in [4.69, 9.17) is 5.11 Å². The monoisotopic (exact) mass is 290 g/mol. The van der Waals surface area contributed by atoms with Crippen LogP contribution in [0.25, 0.3) is 0 Å². The number of likely N-dealkylation sites (tertiary alicyclic amines) is 1. The van der Waals surface area contributed by atoms with Gasteiger partial charge >= 0.3 is 0 Å². The van der Waals surface area contributed by atoms with Gasteiger partial charge in [0.05, 0.1) is 0 Å². The summed E-state index contributed by atoms with van der Waals surface area (Å²) in [5, 5.41) is 11.5. The lowest BCUT2D eigenvalue weighted by Crippen LogP contribution is -2.43. The fraction of sp³-hybridized carbons (Fsp3) is 0.500. The summed E-state index contributed by atoms with van der Waals surface area (Å²) in [5.41, 5.74) is 0.698. The molecule has 1 aliphatic heterocycles. The number of carbonyl (C=O) groups excluding carboxylic acids is 2. The maximum atomic E-state index is 12.3. The molecule has 0 spiro atoms. The lowest BCUT2D eigenvalue weighted by Gasteiger charge is -2.31. The molecule has 0 saturated carbocycles. The van der Waals surface area contributed by atoms with Crippen molar-refractivity contribution < 1.29 is 14.7 Å². The molecule has 0 unspecified atom stereocenters. The Hall–Kier alpha value is -1.88. The van der Waals surface area contributed by atoms with Crippen molar-refractivity contribution in [3.63, 3.8) is 0 Å². The van der Waals surface area contributed by atoms with Gasteiger partial charge in [0.15, 0.2) is 0 Å². The van der Waals surface area contributed by atoms with E-state index in [1.54, 1.807) is 0 Å². The Balaban J connectivity index is 1.80. The molecule has 0 atom stereocenters. The van der Waals surface area contributed by atoms with Gasteiger partial charge in [-0.15, -0.1) is 0 Å². The smallest absolute Gasteiger partial charge is 0.253 e. The molecule has 2 rings (SSSR count). The van der Waals surface area contributed by atoms with Crippen LogP contribution in [0.4, 0.5) is 0 Å². The standard InChI is InChI=1S/C16H22N2O3/c19-12-4-9-17-15(20)13-7-10-18(11-8-13)16(21)14-5-2-1-3-6-14/h1-3,5-6,13,19H,4,7-12H2,(H,17,20). The topological polar surface area (TPSA) is 69.6 Å². The molecule has 0 aliphatic carbocycles. The largest absolute Gasteiger partial charge is 0.396 e. The minimum atomic E-state index is -0.0245. The van der Waals surface area contributed by atoms with Crippen LogP contribution in [0.5, 0.6) is 0 Å². The van der Waals surface area contributed by atoms with E-state index >= 15 is 0 Å². The number of piperidine rings is 1. The molecule has 5 heteroatoms. The highest BCUT2D eigenvalue weighted by molar-refractivity contribution is 5.94. The highest BCUT2D eigenvalue weighted by Gasteiger charge is 2.27. The second kappa shape index (κ2) is 7.78. The Labute approximate surface area is 125 Å². The van der Waals surface area contributed by atoms with Crippen molar-refractivity contribution in [2.75, 3.05) is 26.2 Å². The van der Waals surface area contributed by atoms with E-state index < -0.39 is 0 Å². The number of aliphatic hydroxyl groups is 1. The first-order valence-corrected chi connectivity index (χ1v) is 7.45. The summed E-state index contributed by atoms with van der Waals surface area (Å²) in [6, 6.07) is 9.23. The van der Waals surface area contributed by atoms with Crippen molar-refractivity contribution >= 4 is 11.8 Å². The van der Waals surface area contributed by atoms with Gasteiger partial charge in [0, 0.05) is 37.7 Å². The molecule has 21 heavy (non-hydrogen) atoms. The van der Waals surface area contributed by atoms with Crippen molar-refractivity contribution in [1.29, 1.82) is 0 Å². The summed E-state index contributed by atoms with van der Waals surface area (Å²) in [6.07, 6.45) is 1.98. The molecular weight excluding hydrogens is 268 g/mol. The molecule has 114 valence electrons. The van der Waals surface area contributed by atoms with Gasteiger partial charge < -0.3 is 15.3 Å². The van der Waals surface area contributed by atoms with Gasteiger partial charge in [-0.2, -0.15) is 0 Å². The van der Waals surface area contributed by atoms with Crippen molar-refractivity contribution in [2.24, 2.45) is 5.92 Å². The van der Waals surface area contributed by atoms with E-state index in [0.29, 0.717) is 44.5 Å². The van der Waals surface area contributed by atoms with E-state index in [0.717, 1.165) is 0 Å². The van der Waals surface area contributed by atoms with Crippen LogP contribution in [-0.2, 0) is 4.79 Å². The molecule has 2 N–H and O–H groups in total. The van der Waals surface area contributed by atoms with Gasteiger partial charge in [0.2, 0.25) is 5.91 Å². The van der Waals surface area contributed by atoms with E-state index in [-0.39, 0.29) is 24.3 Å². The van der Waals surface area contributed by atoms with Crippen LogP contribution < -0.4 is 5.32 Å². The van der Waals surface area contributed by atoms with Crippen LogP contribution in [0.3, 0.4) is 0 Å². The third-order valence-corrected chi connectivity index (χ3v) is 3.81. The normalized spacial score (nSPS) is 15.8.